The Labute approximate surface area is 294 Å². The molecule has 2 N–H and O–H groups in total. The lowest BCUT2D eigenvalue weighted by molar-refractivity contribution is -0.136. The average Bonchev–Trinajstić information content (AvgIpc) is 3.40. The summed E-state index contributed by atoms with van der Waals surface area (Å²) in [6, 6.07) is 17.8. The van der Waals surface area contributed by atoms with Crippen LogP contribution in [0.5, 0.6) is 23.0 Å². The molecule has 0 radical (unpaired) electrons. The Kier molecular flexibility index (Phi) is 10.8. The van der Waals surface area contributed by atoms with E-state index < -0.39 is 27.3 Å². The molecule has 5 rings (SSSR count). The first-order chi connectivity index (χ1) is 23.8. The molecule has 1 atom stereocenters. The monoisotopic (exact) mass is 720 g/mol. The van der Waals surface area contributed by atoms with Crippen molar-refractivity contribution in [1.82, 2.24) is 4.57 Å². The maximum atomic E-state index is 14.6. The number of fused-ring (bicyclic) bond motifs is 1. The first kappa shape index (κ1) is 36.3. The van der Waals surface area contributed by atoms with Crippen molar-refractivity contribution in [2.24, 2.45) is 5.73 Å². The summed E-state index contributed by atoms with van der Waals surface area (Å²) in [6.07, 6.45) is 1.36. The normalized spacial score (nSPS) is 14.9. The molecule has 1 aliphatic rings. The summed E-state index contributed by atoms with van der Waals surface area (Å²) >= 11 is 1.000. The van der Waals surface area contributed by atoms with E-state index in [1.54, 1.807) is 67.6 Å². The summed E-state index contributed by atoms with van der Waals surface area (Å²) in [7, 11) is -1.43. The third kappa shape index (κ3) is 7.01. The van der Waals surface area contributed by atoms with E-state index in [4.69, 9.17) is 29.4 Å². The quantitative estimate of drug-likeness (QED) is 0.209. The third-order valence-corrected chi connectivity index (χ3v) is 10.7. The van der Waals surface area contributed by atoms with E-state index in [2.05, 4.69) is 0 Å². The number of ether oxygens (including phenoxy) is 5. The maximum Gasteiger partial charge on any atom is 0.338 e. The molecule has 0 amide bonds. The van der Waals surface area contributed by atoms with Gasteiger partial charge >= 0.3 is 5.97 Å². The van der Waals surface area contributed by atoms with Gasteiger partial charge in [0.25, 0.3) is 5.56 Å². The van der Waals surface area contributed by atoms with Crippen LogP contribution in [-0.4, -0.2) is 52.0 Å². The molecule has 13 heteroatoms. The van der Waals surface area contributed by atoms with Gasteiger partial charge in [-0.1, -0.05) is 30.3 Å². The van der Waals surface area contributed by atoms with Crippen LogP contribution in [0.3, 0.4) is 0 Å². The van der Waals surface area contributed by atoms with Crippen LogP contribution in [0.1, 0.15) is 51.7 Å². The number of nitrogens with two attached hydrogens (primary N) is 1. The molecule has 0 fully saturated rings. The number of allylic oxidation sites excluding steroid dienone is 1. The lowest BCUT2D eigenvalue weighted by atomic mass is 9.89. The van der Waals surface area contributed by atoms with Crippen molar-refractivity contribution < 1.29 is 36.9 Å². The molecule has 0 saturated carbocycles. The molecule has 50 heavy (non-hydrogen) atoms. The van der Waals surface area contributed by atoms with Crippen LogP contribution >= 0.6 is 11.3 Å². The average molecular weight is 721 g/mol. The van der Waals surface area contributed by atoms with E-state index >= 15 is 0 Å². The highest BCUT2D eigenvalue weighted by atomic mass is 32.2. The number of carbonyl (C=O) groups excluding carboxylic acids is 1. The van der Waals surface area contributed by atoms with Gasteiger partial charge in [0.1, 0.15) is 15.4 Å². The number of hydrogen-bond donors (Lipinski definition) is 1. The fraction of sp³-hybridized carbons (Fsp3) is 0.297. The molecular formula is C37H40N2O9S2. The second-order valence-electron chi connectivity index (χ2n) is 11.8. The highest BCUT2D eigenvalue weighted by Crippen LogP contribution is 2.44. The molecule has 0 aliphatic carbocycles. The van der Waals surface area contributed by atoms with Gasteiger partial charge in [-0.05, 0) is 88.2 Å². The van der Waals surface area contributed by atoms with Gasteiger partial charge in [-0.15, -0.1) is 11.3 Å². The second-order valence-corrected chi connectivity index (χ2v) is 14.8. The molecule has 0 saturated heterocycles. The van der Waals surface area contributed by atoms with Crippen LogP contribution < -0.4 is 39.4 Å². The molecule has 2 heterocycles. The minimum absolute atomic E-state index is 0.00130. The van der Waals surface area contributed by atoms with Crippen LogP contribution in [0.25, 0.3) is 17.5 Å². The SMILES string of the molecule is CCOC(=O)C1=c2s/c(=C\c3ccc(OC(C)C)c(OC)c3)c(=O)n2C(N)=C(S(=O)(=O)c2ccccc2)[C@H]1c1ccc(OC(C)C)c(OC)c1. The molecule has 4 aromatic rings. The molecule has 1 aliphatic heterocycles. The molecule has 11 nitrogen and oxygen atoms in total. The van der Waals surface area contributed by atoms with Crippen molar-refractivity contribution in [2.45, 2.75) is 57.6 Å². The Morgan fingerprint density at radius 1 is 0.900 bits per heavy atom. The highest BCUT2D eigenvalue weighted by Gasteiger charge is 2.42. The number of thiazole rings is 1. The van der Waals surface area contributed by atoms with E-state index in [1.165, 1.54) is 26.4 Å². The summed E-state index contributed by atoms with van der Waals surface area (Å²) in [4.78, 5) is 27.8. The van der Waals surface area contributed by atoms with Crippen LogP contribution in [0.15, 0.2) is 81.3 Å². The van der Waals surface area contributed by atoms with Crippen molar-refractivity contribution in [3.63, 3.8) is 0 Å². The number of carbonyl (C=O) groups is 1. The number of methoxy groups -OCH3 is 2. The molecule has 0 spiro atoms. The Morgan fingerprint density at radius 2 is 1.50 bits per heavy atom. The first-order valence-corrected chi connectivity index (χ1v) is 18.3. The summed E-state index contributed by atoms with van der Waals surface area (Å²) in [5.41, 5.74) is 7.06. The zero-order valence-electron chi connectivity index (χ0n) is 28.9. The standard InChI is InChI=1S/C37H40N2O9S2/c1-8-46-37(41)32-31(24-15-17-27(48-22(4)5)29(20-24)45-7)33(50(42,43)25-12-10-9-11-13-25)34(38)39-35(40)30(49-36(32)39)19-23-14-16-26(47-21(2)3)28(18-23)44-6/h9-22,31H,8,38H2,1-7H3/b30-19-/t31-/m0/s1. The highest BCUT2D eigenvalue weighted by molar-refractivity contribution is 7.95. The van der Waals surface area contributed by atoms with Gasteiger partial charge in [0.15, 0.2) is 23.0 Å². The summed E-state index contributed by atoms with van der Waals surface area (Å²) < 4.78 is 59.0. The number of benzene rings is 3. The largest absolute Gasteiger partial charge is 0.493 e. The Hall–Kier alpha value is -5.01. The van der Waals surface area contributed by atoms with Gasteiger partial charge in [0.05, 0.1) is 54.0 Å². The van der Waals surface area contributed by atoms with Crippen LogP contribution in [0, 0.1) is 0 Å². The zero-order chi connectivity index (χ0) is 36.3. The van der Waals surface area contributed by atoms with E-state index in [0.29, 0.717) is 34.1 Å². The van der Waals surface area contributed by atoms with Crippen molar-refractivity contribution in [3.8, 4) is 23.0 Å². The third-order valence-electron chi connectivity index (χ3n) is 7.67. The second kappa shape index (κ2) is 14.9. The summed E-state index contributed by atoms with van der Waals surface area (Å²) in [5, 5.41) is 0. The lowest BCUT2D eigenvalue weighted by Gasteiger charge is -2.28. The van der Waals surface area contributed by atoms with E-state index in [9.17, 15) is 18.0 Å². The van der Waals surface area contributed by atoms with Crippen LogP contribution in [0.4, 0.5) is 0 Å². The zero-order valence-corrected chi connectivity index (χ0v) is 30.5. The molecule has 0 unspecified atom stereocenters. The number of aromatic nitrogens is 1. The van der Waals surface area contributed by atoms with E-state index in [-0.39, 0.29) is 49.2 Å². The van der Waals surface area contributed by atoms with Crippen molar-refractivity contribution >= 4 is 44.6 Å². The molecule has 264 valence electrons. The maximum absolute atomic E-state index is 14.6. The Balaban J connectivity index is 1.87. The predicted octanol–water partition coefficient (Wildman–Crippen LogP) is 4.40. The van der Waals surface area contributed by atoms with Crippen molar-refractivity contribution in [1.29, 1.82) is 0 Å². The number of hydrogen-bond acceptors (Lipinski definition) is 11. The van der Waals surface area contributed by atoms with Gasteiger partial charge in [-0.2, -0.15) is 0 Å². The lowest BCUT2D eigenvalue weighted by Crippen LogP contribution is -2.41. The molecule has 0 bridgehead atoms. The number of esters is 1. The van der Waals surface area contributed by atoms with Crippen LogP contribution in [-0.2, 0) is 19.4 Å². The Bertz CT molecular complexity index is 2240. The Morgan fingerprint density at radius 3 is 2.08 bits per heavy atom. The van der Waals surface area contributed by atoms with Gasteiger partial charge in [0.2, 0.25) is 9.84 Å². The predicted molar refractivity (Wildman–Crippen MR) is 193 cm³/mol. The topological polar surface area (TPSA) is 145 Å². The van der Waals surface area contributed by atoms with Crippen molar-refractivity contribution in [2.75, 3.05) is 20.8 Å². The fourth-order valence-electron chi connectivity index (χ4n) is 5.64. The smallest absolute Gasteiger partial charge is 0.338 e. The first-order valence-electron chi connectivity index (χ1n) is 16.0. The van der Waals surface area contributed by atoms with Gasteiger partial charge in [0, 0.05) is 0 Å². The number of rotatable bonds is 12. The molecular weight excluding hydrogens is 681 g/mol. The van der Waals surface area contributed by atoms with Crippen molar-refractivity contribution in [3.05, 3.63) is 102 Å². The van der Waals surface area contributed by atoms with Crippen LogP contribution in [0.2, 0.25) is 0 Å². The summed E-state index contributed by atoms with van der Waals surface area (Å²) in [6.45, 7) is 9.17. The number of sulfone groups is 1. The molecule has 1 aromatic heterocycles. The summed E-state index contributed by atoms with van der Waals surface area (Å²) in [5.74, 6) is -0.674. The van der Waals surface area contributed by atoms with E-state index in [0.717, 1.165) is 15.9 Å². The van der Waals surface area contributed by atoms with Gasteiger partial charge in [-0.25, -0.2) is 13.2 Å². The van der Waals surface area contributed by atoms with E-state index in [1.807, 2.05) is 27.7 Å². The fourth-order valence-corrected chi connectivity index (χ4v) is 8.50. The minimum Gasteiger partial charge on any atom is -0.493 e. The number of nitrogens with zero attached hydrogens (tertiary/aromatic N) is 1. The van der Waals surface area contributed by atoms with Gasteiger partial charge < -0.3 is 29.4 Å². The van der Waals surface area contributed by atoms with Gasteiger partial charge in [-0.3, -0.25) is 9.36 Å². The molecule has 3 aromatic carbocycles. The minimum atomic E-state index is -4.41.